The zero-order chi connectivity index (χ0) is 13.5. The first-order chi connectivity index (χ1) is 8.56. The molecule has 1 aromatic heterocycles. The molecule has 1 amide bonds. The lowest BCUT2D eigenvalue weighted by Gasteiger charge is -2.17. The van der Waals surface area contributed by atoms with Crippen molar-refractivity contribution in [2.75, 3.05) is 6.61 Å². The third-order valence-electron chi connectivity index (χ3n) is 2.69. The zero-order valence-corrected chi connectivity index (χ0v) is 11.4. The molecule has 1 rings (SSSR count). The van der Waals surface area contributed by atoms with Gasteiger partial charge in [0.2, 0.25) is 0 Å². The van der Waals surface area contributed by atoms with Crippen LogP contribution >= 0.6 is 0 Å². The first kappa shape index (κ1) is 14.7. The number of hydrogen-bond donors (Lipinski definition) is 3. The van der Waals surface area contributed by atoms with Gasteiger partial charge in [-0.2, -0.15) is 5.10 Å². The van der Waals surface area contributed by atoms with Gasteiger partial charge in [-0.3, -0.25) is 9.89 Å². The second kappa shape index (κ2) is 7.16. The van der Waals surface area contributed by atoms with Crippen LogP contribution in [0.3, 0.4) is 0 Å². The van der Waals surface area contributed by atoms with Crippen LogP contribution in [0.4, 0.5) is 0 Å². The molecule has 0 radical (unpaired) electrons. The largest absolute Gasteiger partial charge is 0.394 e. The van der Waals surface area contributed by atoms with Crippen LogP contribution in [0.2, 0.25) is 0 Å². The standard InChI is InChI=1S/C13H23N3O2/c1-4-5-10-7-12(16-15-10)13(18)14-11(8-17)6-9(2)3/h7,9,11,17H,4-6,8H2,1-3H3,(H,14,18)(H,15,16). The Morgan fingerprint density at radius 3 is 2.83 bits per heavy atom. The quantitative estimate of drug-likeness (QED) is 0.689. The highest BCUT2D eigenvalue weighted by Crippen LogP contribution is 2.06. The van der Waals surface area contributed by atoms with Crippen LogP contribution in [0.25, 0.3) is 0 Å². The van der Waals surface area contributed by atoms with E-state index in [1.54, 1.807) is 6.07 Å². The maximum absolute atomic E-state index is 11.9. The van der Waals surface area contributed by atoms with E-state index >= 15 is 0 Å². The molecule has 18 heavy (non-hydrogen) atoms. The van der Waals surface area contributed by atoms with Gasteiger partial charge in [0.1, 0.15) is 5.69 Å². The molecule has 0 saturated heterocycles. The van der Waals surface area contributed by atoms with Crippen molar-refractivity contribution in [1.82, 2.24) is 15.5 Å². The van der Waals surface area contributed by atoms with E-state index < -0.39 is 0 Å². The van der Waals surface area contributed by atoms with Gasteiger partial charge in [-0.1, -0.05) is 27.2 Å². The number of rotatable bonds is 7. The van der Waals surface area contributed by atoms with Crippen molar-refractivity contribution in [1.29, 1.82) is 0 Å². The van der Waals surface area contributed by atoms with E-state index in [2.05, 4.69) is 36.3 Å². The highest BCUT2D eigenvalue weighted by molar-refractivity contribution is 5.92. The zero-order valence-electron chi connectivity index (χ0n) is 11.4. The molecule has 5 nitrogen and oxygen atoms in total. The molecule has 102 valence electrons. The summed E-state index contributed by atoms with van der Waals surface area (Å²) < 4.78 is 0. The van der Waals surface area contributed by atoms with Crippen molar-refractivity contribution in [3.63, 3.8) is 0 Å². The second-order valence-electron chi connectivity index (χ2n) is 5.01. The number of aryl methyl sites for hydroxylation is 1. The Morgan fingerprint density at radius 2 is 2.28 bits per heavy atom. The van der Waals surface area contributed by atoms with Gasteiger partial charge in [-0.05, 0) is 24.8 Å². The van der Waals surface area contributed by atoms with E-state index in [1.165, 1.54) is 0 Å². The monoisotopic (exact) mass is 253 g/mol. The Hall–Kier alpha value is -1.36. The number of carbonyl (C=O) groups excluding carboxylic acids is 1. The Kier molecular flexibility index (Phi) is 5.85. The number of nitrogens with zero attached hydrogens (tertiary/aromatic N) is 1. The number of aliphatic hydroxyl groups excluding tert-OH is 1. The van der Waals surface area contributed by atoms with Crippen LogP contribution in [-0.2, 0) is 6.42 Å². The van der Waals surface area contributed by atoms with Crippen molar-refractivity contribution in [3.05, 3.63) is 17.5 Å². The predicted octanol–water partition coefficient (Wildman–Crippen LogP) is 1.50. The normalized spacial score (nSPS) is 12.7. The molecule has 0 aliphatic rings. The molecule has 0 fully saturated rings. The fourth-order valence-corrected chi connectivity index (χ4v) is 1.88. The van der Waals surface area contributed by atoms with Gasteiger partial charge in [0.15, 0.2) is 0 Å². The molecule has 3 N–H and O–H groups in total. The molecule has 0 saturated carbocycles. The second-order valence-corrected chi connectivity index (χ2v) is 5.01. The predicted molar refractivity (Wildman–Crippen MR) is 70.4 cm³/mol. The first-order valence-corrected chi connectivity index (χ1v) is 6.52. The van der Waals surface area contributed by atoms with Gasteiger partial charge in [-0.25, -0.2) is 0 Å². The number of amides is 1. The van der Waals surface area contributed by atoms with Crippen molar-refractivity contribution < 1.29 is 9.90 Å². The van der Waals surface area contributed by atoms with Crippen molar-refractivity contribution in [3.8, 4) is 0 Å². The van der Waals surface area contributed by atoms with E-state index in [9.17, 15) is 9.90 Å². The Balaban J connectivity index is 2.57. The summed E-state index contributed by atoms with van der Waals surface area (Å²) in [6, 6.07) is 1.56. The van der Waals surface area contributed by atoms with E-state index in [0.29, 0.717) is 11.6 Å². The summed E-state index contributed by atoms with van der Waals surface area (Å²) in [6.45, 7) is 6.15. The lowest BCUT2D eigenvalue weighted by atomic mass is 10.0. The lowest BCUT2D eigenvalue weighted by Crippen LogP contribution is -2.38. The van der Waals surface area contributed by atoms with Crippen molar-refractivity contribution in [2.24, 2.45) is 5.92 Å². The molecule has 0 aromatic carbocycles. The van der Waals surface area contributed by atoms with Gasteiger partial charge < -0.3 is 10.4 Å². The summed E-state index contributed by atoms with van der Waals surface area (Å²) in [4.78, 5) is 11.9. The first-order valence-electron chi connectivity index (χ1n) is 6.52. The summed E-state index contributed by atoms with van der Waals surface area (Å²) in [7, 11) is 0. The van der Waals surface area contributed by atoms with Crippen LogP contribution in [0.15, 0.2) is 6.07 Å². The number of nitrogens with one attached hydrogen (secondary N) is 2. The van der Waals surface area contributed by atoms with Crippen molar-refractivity contribution >= 4 is 5.91 Å². The average Bonchev–Trinajstić information content (AvgIpc) is 2.76. The van der Waals surface area contributed by atoms with Gasteiger partial charge in [0.25, 0.3) is 5.91 Å². The van der Waals surface area contributed by atoms with E-state index in [-0.39, 0.29) is 18.6 Å². The smallest absolute Gasteiger partial charge is 0.272 e. The number of aromatic amines is 1. The van der Waals surface area contributed by atoms with E-state index in [1.807, 2.05) is 0 Å². The van der Waals surface area contributed by atoms with Crippen LogP contribution in [-0.4, -0.2) is 33.9 Å². The third-order valence-corrected chi connectivity index (χ3v) is 2.69. The van der Waals surface area contributed by atoms with E-state index in [4.69, 9.17) is 0 Å². The summed E-state index contributed by atoms with van der Waals surface area (Å²) in [6.07, 6.45) is 2.65. The number of H-pyrrole nitrogens is 1. The van der Waals surface area contributed by atoms with Gasteiger partial charge in [0, 0.05) is 5.69 Å². The lowest BCUT2D eigenvalue weighted by molar-refractivity contribution is 0.0903. The summed E-state index contributed by atoms with van der Waals surface area (Å²) >= 11 is 0. The van der Waals surface area contributed by atoms with Gasteiger partial charge in [-0.15, -0.1) is 0 Å². The molecular formula is C13H23N3O2. The highest BCUT2D eigenvalue weighted by atomic mass is 16.3. The molecule has 0 aliphatic carbocycles. The van der Waals surface area contributed by atoms with Crippen LogP contribution in [0.1, 0.15) is 49.8 Å². The number of hydrogen-bond acceptors (Lipinski definition) is 3. The molecule has 1 heterocycles. The van der Waals surface area contributed by atoms with Crippen molar-refractivity contribution in [2.45, 2.75) is 46.1 Å². The van der Waals surface area contributed by atoms with Crippen LogP contribution in [0.5, 0.6) is 0 Å². The molecular weight excluding hydrogens is 230 g/mol. The Morgan fingerprint density at radius 1 is 1.56 bits per heavy atom. The fourth-order valence-electron chi connectivity index (χ4n) is 1.88. The molecule has 1 unspecified atom stereocenters. The number of aliphatic hydroxyl groups is 1. The molecule has 0 spiro atoms. The molecule has 0 aliphatic heterocycles. The minimum atomic E-state index is -0.228. The Labute approximate surface area is 108 Å². The molecule has 1 aromatic rings. The highest BCUT2D eigenvalue weighted by Gasteiger charge is 2.16. The summed E-state index contributed by atoms with van der Waals surface area (Å²) in [5.74, 6) is 0.200. The summed E-state index contributed by atoms with van der Waals surface area (Å²) in [5, 5.41) is 18.8. The summed E-state index contributed by atoms with van der Waals surface area (Å²) in [5.41, 5.74) is 1.35. The molecule has 5 heteroatoms. The maximum Gasteiger partial charge on any atom is 0.272 e. The molecule has 0 bridgehead atoms. The minimum Gasteiger partial charge on any atom is -0.394 e. The number of carbonyl (C=O) groups is 1. The van der Waals surface area contributed by atoms with Gasteiger partial charge >= 0.3 is 0 Å². The number of aromatic nitrogens is 2. The van der Waals surface area contributed by atoms with Crippen LogP contribution in [0, 0.1) is 5.92 Å². The fraction of sp³-hybridized carbons (Fsp3) is 0.692. The average molecular weight is 253 g/mol. The van der Waals surface area contributed by atoms with E-state index in [0.717, 1.165) is 25.0 Å². The van der Waals surface area contributed by atoms with Crippen LogP contribution < -0.4 is 5.32 Å². The molecule has 1 atom stereocenters. The van der Waals surface area contributed by atoms with Gasteiger partial charge in [0.05, 0.1) is 12.6 Å². The Bertz CT molecular complexity index is 374. The minimum absolute atomic E-state index is 0.0455. The maximum atomic E-state index is 11.9. The SMILES string of the molecule is CCCc1cc(C(=O)NC(CO)CC(C)C)n[nH]1. The topological polar surface area (TPSA) is 78.0 Å². The third kappa shape index (κ3) is 4.49.